The van der Waals surface area contributed by atoms with Gasteiger partial charge in [-0.3, -0.25) is 0 Å². The van der Waals surface area contributed by atoms with E-state index in [2.05, 4.69) is 49.5 Å². The number of benzene rings is 1. The van der Waals surface area contributed by atoms with E-state index in [1.165, 1.54) is 16.9 Å². The Morgan fingerprint density at radius 3 is 2.38 bits per heavy atom. The SMILES string of the molecule is CCCN(C)Sc1ccc(C)cc1. The van der Waals surface area contributed by atoms with Crippen LogP contribution in [-0.4, -0.2) is 17.9 Å². The third-order valence-electron chi connectivity index (χ3n) is 1.82. The average Bonchev–Trinajstić information content (AvgIpc) is 2.09. The van der Waals surface area contributed by atoms with Crippen LogP contribution in [0.3, 0.4) is 0 Å². The van der Waals surface area contributed by atoms with E-state index in [0.29, 0.717) is 0 Å². The Morgan fingerprint density at radius 1 is 1.23 bits per heavy atom. The topological polar surface area (TPSA) is 3.24 Å². The highest BCUT2D eigenvalue weighted by atomic mass is 32.2. The van der Waals surface area contributed by atoms with Crippen molar-refractivity contribution in [2.75, 3.05) is 13.6 Å². The molecule has 0 amide bonds. The Balaban J connectivity index is 2.49. The van der Waals surface area contributed by atoms with Gasteiger partial charge in [0.25, 0.3) is 0 Å². The molecular formula is C11H17NS. The molecule has 0 aliphatic heterocycles. The van der Waals surface area contributed by atoms with Crippen LogP contribution in [0.4, 0.5) is 0 Å². The molecule has 0 atom stereocenters. The number of hydrogen-bond donors (Lipinski definition) is 0. The molecule has 0 bridgehead atoms. The lowest BCUT2D eigenvalue weighted by Gasteiger charge is -2.13. The van der Waals surface area contributed by atoms with Crippen molar-refractivity contribution in [3.05, 3.63) is 29.8 Å². The van der Waals surface area contributed by atoms with Gasteiger partial charge in [-0.15, -0.1) is 0 Å². The van der Waals surface area contributed by atoms with E-state index >= 15 is 0 Å². The van der Waals surface area contributed by atoms with E-state index in [1.54, 1.807) is 0 Å². The van der Waals surface area contributed by atoms with Gasteiger partial charge in [-0.2, -0.15) is 0 Å². The van der Waals surface area contributed by atoms with Crippen LogP contribution in [-0.2, 0) is 0 Å². The Morgan fingerprint density at radius 2 is 1.85 bits per heavy atom. The number of aryl methyl sites for hydroxylation is 1. The summed E-state index contributed by atoms with van der Waals surface area (Å²) in [5, 5.41) is 0. The fourth-order valence-corrected chi connectivity index (χ4v) is 2.03. The first-order valence-electron chi connectivity index (χ1n) is 4.68. The van der Waals surface area contributed by atoms with Gasteiger partial charge in [-0.05, 0) is 44.5 Å². The predicted octanol–water partition coefficient (Wildman–Crippen LogP) is 3.34. The van der Waals surface area contributed by atoms with Crippen LogP contribution < -0.4 is 0 Å². The molecule has 72 valence electrons. The minimum absolute atomic E-state index is 1.14. The van der Waals surface area contributed by atoms with Gasteiger partial charge in [0.15, 0.2) is 0 Å². The zero-order valence-corrected chi connectivity index (χ0v) is 9.40. The lowest BCUT2D eigenvalue weighted by molar-refractivity contribution is 0.559. The first kappa shape index (κ1) is 10.6. The molecule has 0 saturated heterocycles. The summed E-state index contributed by atoms with van der Waals surface area (Å²) in [4.78, 5) is 1.32. The maximum absolute atomic E-state index is 2.27. The summed E-state index contributed by atoms with van der Waals surface area (Å²) in [6.07, 6.45) is 1.20. The second-order valence-corrected chi connectivity index (χ2v) is 4.53. The zero-order valence-electron chi connectivity index (χ0n) is 8.58. The van der Waals surface area contributed by atoms with E-state index < -0.39 is 0 Å². The van der Waals surface area contributed by atoms with E-state index in [-0.39, 0.29) is 0 Å². The highest BCUT2D eigenvalue weighted by molar-refractivity contribution is 7.97. The fourth-order valence-electron chi connectivity index (χ4n) is 1.14. The molecule has 0 fully saturated rings. The Kier molecular flexibility index (Phi) is 4.33. The van der Waals surface area contributed by atoms with E-state index in [9.17, 15) is 0 Å². The van der Waals surface area contributed by atoms with Gasteiger partial charge in [0.2, 0.25) is 0 Å². The molecule has 1 aromatic rings. The van der Waals surface area contributed by atoms with Gasteiger partial charge in [-0.25, -0.2) is 4.31 Å². The van der Waals surface area contributed by atoms with Crippen LogP contribution in [0.2, 0.25) is 0 Å². The molecule has 0 N–H and O–H groups in total. The molecule has 0 radical (unpaired) electrons. The van der Waals surface area contributed by atoms with E-state index in [4.69, 9.17) is 0 Å². The number of nitrogens with zero attached hydrogens (tertiary/aromatic N) is 1. The van der Waals surface area contributed by atoms with Gasteiger partial charge in [-0.1, -0.05) is 24.6 Å². The number of hydrogen-bond acceptors (Lipinski definition) is 2. The standard InChI is InChI=1S/C11H17NS/c1-4-9-12(3)13-11-7-5-10(2)6-8-11/h5-8H,4,9H2,1-3H3. The van der Waals surface area contributed by atoms with Gasteiger partial charge in [0, 0.05) is 11.4 Å². The summed E-state index contributed by atoms with van der Waals surface area (Å²) in [7, 11) is 2.13. The van der Waals surface area contributed by atoms with Crippen molar-refractivity contribution in [2.45, 2.75) is 25.2 Å². The Labute approximate surface area is 85.3 Å². The molecule has 1 nitrogen and oxygen atoms in total. The maximum atomic E-state index is 2.27. The molecule has 13 heavy (non-hydrogen) atoms. The Bertz CT molecular complexity index is 243. The largest absolute Gasteiger partial charge is 0.249 e. The minimum atomic E-state index is 1.14. The van der Waals surface area contributed by atoms with Crippen LogP contribution in [0.1, 0.15) is 18.9 Å². The fraction of sp³-hybridized carbons (Fsp3) is 0.455. The molecule has 1 rings (SSSR count). The van der Waals surface area contributed by atoms with Crippen molar-refractivity contribution < 1.29 is 0 Å². The summed E-state index contributed by atoms with van der Waals surface area (Å²) in [6, 6.07) is 8.66. The Hall–Kier alpha value is -0.470. The summed E-state index contributed by atoms with van der Waals surface area (Å²) in [5.74, 6) is 0. The third kappa shape index (κ3) is 3.83. The van der Waals surface area contributed by atoms with Crippen molar-refractivity contribution in [1.29, 1.82) is 0 Å². The van der Waals surface area contributed by atoms with Crippen LogP contribution in [0, 0.1) is 6.92 Å². The maximum Gasteiger partial charge on any atom is 0.0230 e. The lowest BCUT2D eigenvalue weighted by Crippen LogP contribution is -2.09. The molecule has 0 saturated carbocycles. The smallest absolute Gasteiger partial charge is 0.0230 e. The molecule has 0 heterocycles. The highest BCUT2D eigenvalue weighted by Gasteiger charge is 1.98. The molecular weight excluding hydrogens is 178 g/mol. The van der Waals surface area contributed by atoms with Gasteiger partial charge in [0.1, 0.15) is 0 Å². The minimum Gasteiger partial charge on any atom is -0.249 e. The van der Waals surface area contributed by atoms with E-state index in [1.807, 2.05) is 11.9 Å². The van der Waals surface area contributed by atoms with Gasteiger partial charge >= 0.3 is 0 Å². The lowest BCUT2D eigenvalue weighted by atomic mass is 10.2. The first-order chi connectivity index (χ1) is 6.22. The molecule has 0 aliphatic carbocycles. The predicted molar refractivity (Wildman–Crippen MR) is 60.0 cm³/mol. The molecule has 1 aromatic carbocycles. The third-order valence-corrected chi connectivity index (χ3v) is 2.80. The van der Waals surface area contributed by atoms with Crippen molar-refractivity contribution in [1.82, 2.24) is 4.31 Å². The highest BCUT2D eigenvalue weighted by Crippen LogP contribution is 2.21. The summed E-state index contributed by atoms with van der Waals surface area (Å²) < 4.78 is 2.27. The van der Waals surface area contributed by atoms with Crippen LogP contribution in [0.15, 0.2) is 29.2 Å². The monoisotopic (exact) mass is 195 g/mol. The van der Waals surface area contributed by atoms with Crippen LogP contribution in [0.5, 0.6) is 0 Å². The first-order valence-corrected chi connectivity index (χ1v) is 5.45. The van der Waals surface area contributed by atoms with Gasteiger partial charge < -0.3 is 0 Å². The molecule has 0 aromatic heterocycles. The molecule has 0 spiro atoms. The van der Waals surface area contributed by atoms with E-state index in [0.717, 1.165) is 6.54 Å². The summed E-state index contributed by atoms with van der Waals surface area (Å²) in [6.45, 7) is 5.45. The second kappa shape index (κ2) is 5.30. The zero-order chi connectivity index (χ0) is 9.68. The van der Waals surface area contributed by atoms with Crippen molar-refractivity contribution in [3.63, 3.8) is 0 Å². The number of rotatable bonds is 4. The molecule has 0 aliphatic rings. The van der Waals surface area contributed by atoms with Crippen molar-refractivity contribution in [2.24, 2.45) is 0 Å². The quantitative estimate of drug-likeness (QED) is 0.678. The van der Waals surface area contributed by atoms with Gasteiger partial charge in [0.05, 0.1) is 0 Å². The average molecular weight is 195 g/mol. The molecule has 2 heteroatoms. The van der Waals surface area contributed by atoms with Crippen molar-refractivity contribution >= 4 is 11.9 Å². The summed E-state index contributed by atoms with van der Waals surface area (Å²) >= 11 is 1.81. The normalized spacial score (nSPS) is 10.8. The summed E-state index contributed by atoms with van der Waals surface area (Å²) in [5.41, 5.74) is 1.32. The van der Waals surface area contributed by atoms with Crippen molar-refractivity contribution in [3.8, 4) is 0 Å². The van der Waals surface area contributed by atoms with Crippen LogP contribution >= 0.6 is 11.9 Å². The van der Waals surface area contributed by atoms with Crippen LogP contribution in [0.25, 0.3) is 0 Å². The molecule has 0 unspecified atom stereocenters. The second-order valence-electron chi connectivity index (χ2n) is 3.26.